The van der Waals surface area contributed by atoms with Gasteiger partial charge in [0.15, 0.2) is 0 Å². The molecule has 0 aromatic carbocycles. The number of carbonyl (C=O) groups excluding carboxylic acids is 2. The van der Waals surface area contributed by atoms with Crippen LogP contribution in [0.4, 0.5) is 0 Å². The second-order valence-electron chi connectivity index (χ2n) is 6.14. The number of amides is 2. The van der Waals surface area contributed by atoms with E-state index in [1.165, 1.54) is 19.3 Å². The molecule has 20 heavy (non-hydrogen) atoms. The molecular formula is C15H26N2O3. The Morgan fingerprint density at radius 2 is 1.85 bits per heavy atom. The summed E-state index contributed by atoms with van der Waals surface area (Å²) in [6.45, 7) is 2.61. The lowest BCUT2D eigenvalue weighted by molar-refractivity contribution is -0.144. The van der Waals surface area contributed by atoms with E-state index in [-0.39, 0.29) is 36.5 Å². The molecule has 1 saturated heterocycles. The molecule has 0 bridgehead atoms. The topological polar surface area (TPSA) is 72.6 Å². The number of likely N-dealkylation sites (tertiary alicyclic amines) is 1. The molecule has 0 aromatic rings. The largest absolute Gasteiger partial charge is 0.369 e. The molecule has 1 heterocycles. The summed E-state index contributed by atoms with van der Waals surface area (Å²) in [4.78, 5) is 25.3. The number of nitrogens with zero attached hydrogens (tertiary/aromatic N) is 1. The standard InChI is InChI=1S/C15H26N2O3/c1-11-7-8-12(15(16)19)9-17(11)14(18)10-20-13-5-3-2-4-6-13/h11-13H,2-10H2,1H3,(H2,16,19). The van der Waals surface area contributed by atoms with Gasteiger partial charge in [0.1, 0.15) is 6.61 Å². The second kappa shape index (κ2) is 7.07. The van der Waals surface area contributed by atoms with E-state index in [1.807, 2.05) is 6.92 Å². The Bertz CT molecular complexity index is 353. The van der Waals surface area contributed by atoms with Gasteiger partial charge in [0.05, 0.1) is 12.0 Å². The van der Waals surface area contributed by atoms with E-state index >= 15 is 0 Å². The SMILES string of the molecule is CC1CCC(C(N)=O)CN1C(=O)COC1CCCCC1. The van der Waals surface area contributed by atoms with Gasteiger partial charge in [-0.3, -0.25) is 9.59 Å². The summed E-state index contributed by atoms with van der Waals surface area (Å²) < 4.78 is 5.73. The summed E-state index contributed by atoms with van der Waals surface area (Å²) in [5.74, 6) is -0.512. The van der Waals surface area contributed by atoms with Crippen molar-refractivity contribution in [2.75, 3.05) is 13.2 Å². The molecule has 1 saturated carbocycles. The summed E-state index contributed by atoms with van der Waals surface area (Å²) in [5, 5.41) is 0. The van der Waals surface area contributed by atoms with E-state index in [0.717, 1.165) is 25.7 Å². The third-order valence-electron chi connectivity index (χ3n) is 4.60. The quantitative estimate of drug-likeness (QED) is 0.848. The third-order valence-corrected chi connectivity index (χ3v) is 4.60. The molecule has 2 N–H and O–H groups in total. The van der Waals surface area contributed by atoms with Crippen LogP contribution in [0.3, 0.4) is 0 Å². The zero-order valence-electron chi connectivity index (χ0n) is 12.3. The number of piperidine rings is 1. The first kappa shape index (κ1) is 15.3. The Balaban J connectivity index is 1.81. The van der Waals surface area contributed by atoms with Crippen LogP contribution in [-0.4, -0.2) is 42.0 Å². The molecule has 2 amide bonds. The minimum Gasteiger partial charge on any atom is -0.369 e. The van der Waals surface area contributed by atoms with E-state index in [1.54, 1.807) is 4.90 Å². The van der Waals surface area contributed by atoms with E-state index in [4.69, 9.17) is 10.5 Å². The van der Waals surface area contributed by atoms with E-state index in [0.29, 0.717) is 6.54 Å². The van der Waals surface area contributed by atoms with Crippen molar-refractivity contribution in [2.45, 2.75) is 64.0 Å². The van der Waals surface area contributed by atoms with Crippen LogP contribution in [0.2, 0.25) is 0 Å². The molecule has 1 aliphatic carbocycles. The van der Waals surface area contributed by atoms with Gasteiger partial charge >= 0.3 is 0 Å². The lowest BCUT2D eigenvalue weighted by Crippen LogP contribution is -2.50. The van der Waals surface area contributed by atoms with Crippen molar-refractivity contribution in [2.24, 2.45) is 11.7 Å². The summed E-state index contributed by atoms with van der Waals surface area (Å²) in [6, 6.07) is 0.174. The molecule has 2 aliphatic rings. The molecule has 114 valence electrons. The van der Waals surface area contributed by atoms with Gasteiger partial charge in [0, 0.05) is 12.6 Å². The lowest BCUT2D eigenvalue weighted by atomic mass is 9.93. The Morgan fingerprint density at radius 1 is 1.15 bits per heavy atom. The van der Waals surface area contributed by atoms with Crippen LogP contribution in [0.1, 0.15) is 51.9 Å². The Hall–Kier alpha value is -1.10. The van der Waals surface area contributed by atoms with E-state index in [9.17, 15) is 9.59 Å². The third kappa shape index (κ3) is 3.95. The predicted octanol–water partition coefficient (Wildman–Crippen LogP) is 1.45. The average molecular weight is 282 g/mol. The van der Waals surface area contributed by atoms with E-state index in [2.05, 4.69) is 0 Å². The van der Waals surface area contributed by atoms with Crippen molar-refractivity contribution >= 4 is 11.8 Å². The van der Waals surface area contributed by atoms with Crippen LogP contribution < -0.4 is 5.73 Å². The minimum atomic E-state index is -0.303. The highest BCUT2D eigenvalue weighted by Crippen LogP contribution is 2.23. The van der Waals surface area contributed by atoms with Crippen molar-refractivity contribution in [1.82, 2.24) is 4.90 Å². The fraction of sp³-hybridized carbons (Fsp3) is 0.867. The summed E-state index contributed by atoms with van der Waals surface area (Å²) in [6.07, 6.45) is 7.65. The molecule has 5 nitrogen and oxygen atoms in total. The Kier molecular flexibility index (Phi) is 5.40. The zero-order chi connectivity index (χ0) is 14.5. The predicted molar refractivity (Wildman–Crippen MR) is 75.9 cm³/mol. The van der Waals surface area contributed by atoms with Crippen LogP contribution in [0, 0.1) is 5.92 Å². The molecule has 1 aliphatic heterocycles. The maximum absolute atomic E-state index is 12.3. The highest BCUT2D eigenvalue weighted by atomic mass is 16.5. The lowest BCUT2D eigenvalue weighted by Gasteiger charge is -2.37. The fourth-order valence-electron chi connectivity index (χ4n) is 3.19. The molecule has 2 rings (SSSR count). The van der Waals surface area contributed by atoms with E-state index < -0.39 is 0 Å². The van der Waals surface area contributed by atoms with Crippen molar-refractivity contribution in [3.05, 3.63) is 0 Å². The van der Waals surface area contributed by atoms with Crippen molar-refractivity contribution in [1.29, 1.82) is 0 Å². The molecular weight excluding hydrogens is 256 g/mol. The van der Waals surface area contributed by atoms with Gasteiger partial charge < -0.3 is 15.4 Å². The van der Waals surface area contributed by atoms with Gasteiger partial charge in [-0.15, -0.1) is 0 Å². The molecule has 2 fully saturated rings. The first-order chi connectivity index (χ1) is 9.58. The average Bonchev–Trinajstić information content (AvgIpc) is 2.46. The molecule has 2 atom stereocenters. The Morgan fingerprint density at radius 3 is 2.50 bits per heavy atom. The van der Waals surface area contributed by atoms with Crippen molar-refractivity contribution < 1.29 is 14.3 Å². The molecule has 5 heteroatoms. The van der Waals surface area contributed by atoms with Gasteiger partial charge in [-0.05, 0) is 32.6 Å². The first-order valence-electron chi connectivity index (χ1n) is 7.78. The number of hydrogen-bond acceptors (Lipinski definition) is 3. The number of rotatable bonds is 4. The molecule has 0 radical (unpaired) electrons. The number of ether oxygens (including phenoxy) is 1. The highest BCUT2D eigenvalue weighted by Gasteiger charge is 2.31. The normalized spacial score (nSPS) is 28.4. The van der Waals surface area contributed by atoms with Crippen molar-refractivity contribution in [3.63, 3.8) is 0 Å². The van der Waals surface area contributed by atoms with Gasteiger partial charge in [-0.2, -0.15) is 0 Å². The molecule has 0 aromatic heterocycles. The molecule has 2 unspecified atom stereocenters. The number of nitrogens with two attached hydrogens (primary N) is 1. The Labute approximate surface area is 120 Å². The van der Waals surface area contributed by atoms with Crippen LogP contribution >= 0.6 is 0 Å². The van der Waals surface area contributed by atoms with Crippen LogP contribution in [0.15, 0.2) is 0 Å². The van der Waals surface area contributed by atoms with Gasteiger partial charge in [0.25, 0.3) is 0 Å². The minimum absolute atomic E-state index is 0.00553. The number of hydrogen-bond donors (Lipinski definition) is 1. The smallest absolute Gasteiger partial charge is 0.248 e. The van der Waals surface area contributed by atoms with Crippen LogP contribution in [0.5, 0.6) is 0 Å². The highest BCUT2D eigenvalue weighted by molar-refractivity contribution is 5.81. The van der Waals surface area contributed by atoms with Gasteiger partial charge in [-0.1, -0.05) is 19.3 Å². The zero-order valence-corrected chi connectivity index (χ0v) is 12.3. The maximum Gasteiger partial charge on any atom is 0.248 e. The number of primary amides is 1. The monoisotopic (exact) mass is 282 g/mol. The van der Waals surface area contributed by atoms with Gasteiger partial charge in [-0.25, -0.2) is 0 Å². The van der Waals surface area contributed by atoms with Crippen LogP contribution in [-0.2, 0) is 14.3 Å². The second-order valence-corrected chi connectivity index (χ2v) is 6.14. The first-order valence-corrected chi connectivity index (χ1v) is 7.78. The summed E-state index contributed by atoms with van der Waals surface area (Å²) in [7, 11) is 0. The number of carbonyl (C=O) groups is 2. The summed E-state index contributed by atoms with van der Waals surface area (Å²) in [5.41, 5.74) is 5.36. The summed E-state index contributed by atoms with van der Waals surface area (Å²) >= 11 is 0. The fourth-order valence-corrected chi connectivity index (χ4v) is 3.19. The van der Waals surface area contributed by atoms with Crippen LogP contribution in [0.25, 0.3) is 0 Å². The maximum atomic E-state index is 12.3. The van der Waals surface area contributed by atoms with Crippen molar-refractivity contribution in [3.8, 4) is 0 Å². The van der Waals surface area contributed by atoms with Gasteiger partial charge in [0.2, 0.25) is 11.8 Å². The molecule has 0 spiro atoms.